The van der Waals surface area contributed by atoms with E-state index in [-0.39, 0.29) is 18.0 Å². The Balaban J connectivity index is 2.14. The molecule has 1 fully saturated rings. The molecule has 1 aliphatic rings. The zero-order valence-electron chi connectivity index (χ0n) is 11.3. The highest BCUT2D eigenvalue weighted by atomic mass is 35.5. The molecule has 1 aliphatic carbocycles. The number of carbonyl (C=O) groups is 1. The molecular formula is C14H15ClF3NO2. The van der Waals surface area contributed by atoms with E-state index >= 15 is 0 Å². The van der Waals surface area contributed by atoms with Crippen LogP contribution in [0.25, 0.3) is 0 Å². The second kappa shape index (κ2) is 5.85. The van der Waals surface area contributed by atoms with E-state index in [9.17, 15) is 23.1 Å². The van der Waals surface area contributed by atoms with Crippen LogP contribution >= 0.6 is 11.6 Å². The molecule has 7 heteroatoms. The molecular weight excluding hydrogens is 307 g/mol. The van der Waals surface area contributed by atoms with Crippen molar-refractivity contribution in [2.75, 3.05) is 13.6 Å². The fraction of sp³-hybridized carbons (Fsp3) is 0.500. The van der Waals surface area contributed by atoms with Gasteiger partial charge in [0.1, 0.15) is 0 Å². The minimum Gasteiger partial charge on any atom is -0.391 e. The number of carbonyl (C=O) groups excluding carboxylic acids is 1. The summed E-state index contributed by atoms with van der Waals surface area (Å²) in [4.78, 5) is 13.3. The smallest absolute Gasteiger partial charge is 0.391 e. The van der Waals surface area contributed by atoms with Crippen molar-refractivity contribution in [2.24, 2.45) is 5.92 Å². The second-order valence-electron chi connectivity index (χ2n) is 5.28. The maximum absolute atomic E-state index is 12.8. The molecule has 0 spiro atoms. The Morgan fingerprint density at radius 3 is 2.62 bits per heavy atom. The van der Waals surface area contributed by atoms with Crippen LogP contribution in [0.15, 0.2) is 18.2 Å². The first kappa shape index (κ1) is 16.1. The van der Waals surface area contributed by atoms with Crippen LogP contribution in [0.3, 0.4) is 0 Å². The number of hydrogen-bond donors (Lipinski definition) is 1. The molecule has 1 saturated carbocycles. The van der Waals surface area contributed by atoms with Gasteiger partial charge in [-0.2, -0.15) is 13.2 Å². The van der Waals surface area contributed by atoms with Gasteiger partial charge in [0.25, 0.3) is 5.91 Å². The molecule has 3 nitrogen and oxygen atoms in total. The van der Waals surface area contributed by atoms with Gasteiger partial charge in [-0.15, -0.1) is 0 Å². The molecule has 1 aromatic rings. The average Bonchev–Trinajstić information content (AvgIpc) is 3.21. The Morgan fingerprint density at radius 2 is 2.10 bits per heavy atom. The van der Waals surface area contributed by atoms with E-state index in [4.69, 9.17) is 11.6 Å². The Bertz CT molecular complexity index is 544. The summed E-state index contributed by atoms with van der Waals surface area (Å²) in [5.74, 6) is -0.381. The summed E-state index contributed by atoms with van der Waals surface area (Å²) >= 11 is 5.51. The number of nitrogens with zero attached hydrogens (tertiary/aromatic N) is 1. The summed E-state index contributed by atoms with van der Waals surface area (Å²) in [6.45, 7) is 0.105. The van der Waals surface area contributed by atoms with Gasteiger partial charge in [0.2, 0.25) is 0 Å². The van der Waals surface area contributed by atoms with E-state index in [1.165, 1.54) is 18.0 Å². The lowest BCUT2D eigenvalue weighted by atomic mass is 10.1. The highest BCUT2D eigenvalue weighted by Gasteiger charge is 2.35. The molecule has 0 saturated heterocycles. The van der Waals surface area contributed by atoms with Crippen LogP contribution in [0.5, 0.6) is 0 Å². The van der Waals surface area contributed by atoms with Gasteiger partial charge in [-0.3, -0.25) is 4.79 Å². The molecule has 1 N–H and O–H groups in total. The summed E-state index contributed by atoms with van der Waals surface area (Å²) in [7, 11) is 1.45. The maximum Gasteiger partial charge on any atom is 0.417 e. The molecule has 1 atom stereocenters. The third-order valence-corrected chi connectivity index (χ3v) is 3.82. The van der Waals surface area contributed by atoms with E-state index in [1.807, 2.05) is 0 Å². The highest BCUT2D eigenvalue weighted by molar-refractivity contribution is 6.31. The topological polar surface area (TPSA) is 40.5 Å². The van der Waals surface area contributed by atoms with Crippen LogP contribution in [-0.4, -0.2) is 35.6 Å². The average molecular weight is 322 g/mol. The number of amides is 1. The fourth-order valence-corrected chi connectivity index (χ4v) is 2.31. The summed E-state index contributed by atoms with van der Waals surface area (Å²) in [6, 6.07) is 3.05. The van der Waals surface area contributed by atoms with Gasteiger partial charge in [-0.25, -0.2) is 0 Å². The number of rotatable bonds is 4. The number of aliphatic hydroxyl groups excluding tert-OH is 1. The third kappa shape index (κ3) is 3.89. The van der Waals surface area contributed by atoms with Crippen molar-refractivity contribution >= 4 is 17.5 Å². The van der Waals surface area contributed by atoms with E-state index in [2.05, 4.69) is 0 Å². The monoisotopic (exact) mass is 321 g/mol. The molecule has 116 valence electrons. The van der Waals surface area contributed by atoms with E-state index in [0.29, 0.717) is 0 Å². The quantitative estimate of drug-likeness (QED) is 0.925. The normalized spacial score (nSPS) is 16.7. The summed E-state index contributed by atoms with van der Waals surface area (Å²) < 4.78 is 38.3. The van der Waals surface area contributed by atoms with Crippen LogP contribution in [0.2, 0.25) is 5.02 Å². The Labute approximate surface area is 125 Å². The van der Waals surface area contributed by atoms with Gasteiger partial charge in [0.05, 0.1) is 16.7 Å². The Kier molecular flexibility index (Phi) is 4.49. The van der Waals surface area contributed by atoms with Gasteiger partial charge >= 0.3 is 6.18 Å². The Morgan fingerprint density at radius 1 is 1.48 bits per heavy atom. The minimum absolute atomic E-state index is 0.0998. The van der Waals surface area contributed by atoms with Gasteiger partial charge in [0, 0.05) is 19.2 Å². The predicted octanol–water partition coefficient (Wildman–Crippen LogP) is 3.20. The lowest BCUT2D eigenvalue weighted by Gasteiger charge is -2.21. The van der Waals surface area contributed by atoms with Gasteiger partial charge in [0.15, 0.2) is 0 Å². The van der Waals surface area contributed by atoms with E-state index < -0.39 is 28.8 Å². The molecule has 21 heavy (non-hydrogen) atoms. The van der Waals surface area contributed by atoms with Crippen molar-refractivity contribution in [2.45, 2.75) is 25.1 Å². The molecule has 0 aliphatic heterocycles. The SMILES string of the molecule is CN(CC(O)C1CC1)C(=O)c1ccc(Cl)c(C(F)(F)F)c1. The zero-order valence-corrected chi connectivity index (χ0v) is 12.1. The number of likely N-dealkylation sites (N-methyl/N-ethyl adjacent to an activating group) is 1. The molecule has 0 heterocycles. The molecule has 0 radical (unpaired) electrons. The fourth-order valence-electron chi connectivity index (χ4n) is 2.09. The van der Waals surface area contributed by atoms with Crippen molar-refractivity contribution < 1.29 is 23.1 Å². The zero-order chi connectivity index (χ0) is 15.8. The number of alkyl halides is 3. The molecule has 1 aromatic carbocycles. The van der Waals surface area contributed by atoms with Crippen molar-refractivity contribution in [1.29, 1.82) is 0 Å². The molecule has 0 aromatic heterocycles. The molecule has 2 rings (SSSR count). The van der Waals surface area contributed by atoms with Crippen LogP contribution < -0.4 is 0 Å². The lowest BCUT2D eigenvalue weighted by molar-refractivity contribution is -0.137. The van der Waals surface area contributed by atoms with Crippen LogP contribution in [-0.2, 0) is 6.18 Å². The highest BCUT2D eigenvalue weighted by Crippen LogP contribution is 2.35. The first-order valence-electron chi connectivity index (χ1n) is 6.50. The minimum atomic E-state index is -4.61. The van der Waals surface area contributed by atoms with Crippen LogP contribution in [0, 0.1) is 5.92 Å². The lowest BCUT2D eigenvalue weighted by Crippen LogP contribution is -2.35. The largest absolute Gasteiger partial charge is 0.417 e. The van der Waals surface area contributed by atoms with E-state index in [0.717, 1.165) is 25.0 Å². The first-order valence-corrected chi connectivity index (χ1v) is 6.88. The van der Waals surface area contributed by atoms with Gasteiger partial charge < -0.3 is 10.0 Å². The van der Waals surface area contributed by atoms with Crippen molar-refractivity contribution in [3.05, 3.63) is 34.3 Å². The van der Waals surface area contributed by atoms with E-state index in [1.54, 1.807) is 0 Å². The number of aliphatic hydroxyl groups is 1. The maximum atomic E-state index is 12.8. The standard InChI is InChI=1S/C14H15ClF3NO2/c1-19(7-12(20)8-2-3-8)13(21)9-4-5-11(15)10(6-9)14(16,17)18/h4-6,8,12,20H,2-3,7H2,1H3. The Hall–Kier alpha value is -1.27. The summed E-state index contributed by atoms with van der Waals surface area (Å²) in [6.07, 6.45) is -3.40. The summed E-state index contributed by atoms with van der Waals surface area (Å²) in [5, 5.41) is 9.34. The number of hydrogen-bond acceptors (Lipinski definition) is 2. The first-order chi connectivity index (χ1) is 9.70. The molecule has 0 bridgehead atoms. The second-order valence-corrected chi connectivity index (χ2v) is 5.69. The van der Waals surface area contributed by atoms with Crippen LogP contribution in [0.4, 0.5) is 13.2 Å². The van der Waals surface area contributed by atoms with Crippen molar-refractivity contribution in [3.63, 3.8) is 0 Å². The summed E-state index contributed by atoms with van der Waals surface area (Å²) in [5.41, 5.74) is -1.14. The third-order valence-electron chi connectivity index (χ3n) is 3.49. The predicted molar refractivity (Wildman–Crippen MR) is 72.1 cm³/mol. The van der Waals surface area contributed by atoms with Gasteiger partial charge in [-0.05, 0) is 37.0 Å². The molecule has 1 unspecified atom stereocenters. The van der Waals surface area contributed by atoms with Gasteiger partial charge in [-0.1, -0.05) is 11.6 Å². The number of benzene rings is 1. The van der Waals surface area contributed by atoms with Crippen LogP contribution in [0.1, 0.15) is 28.8 Å². The number of halogens is 4. The van der Waals surface area contributed by atoms with Crippen molar-refractivity contribution in [3.8, 4) is 0 Å². The van der Waals surface area contributed by atoms with Crippen molar-refractivity contribution in [1.82, 2.24) is 4.90 Å². The molecule has 1 amide bonds.